The number of benzene rings is 2. The highest BCUT2D eigenvalue weighted by Crippen LogP contribution is 2.29. The van der Waals surface area contributed by atoms with Crippen molar-refractivity contribution in [2.24, 2.45) is 0 Å². The maximum atomic E-state index is 12.9. The van der Waals surface area contributed by atoms with Crippen molar-refractivity contribution in [1.29, 1.82) is 0 Å². The Hall–Kier alpha value is -3.46. The number of carbonyl (C=O) groups is 3. The number of fused-ring (bicyclic) bond motifs is 1. The van der Waals surface area contributed by atoms with E-state index in [4.69, 9.17) is 4.74 Å². The Bertz CT molecular complexity index is 1150. The lowest BCUT2D eigenvalue weighted by atomic mass is 9.93. The van der Waals surface area contributed by atoms with Crippen LogP contribution in [0.1, 0.15) is 18.9 Å². The number of rotatable bonds is 7. The van der Waals surface area contributed by atoms with E-state index in [9.17, 15) is 14.4 Å². The van der Waals surface area contributed by atoms with E-state index in [0.717, 1.165) is 20.7 Å². The number of aromatic nitrogens is 1. The summed E-state index contributed by atoms with van der Waals surface area (Å²) in [5.41, 5.74) is 0.763. The fourth-order valence-corrected chi connectivity index (χ4v) is 4.40. The molecule has 1 saturated heterocycles. The molecule has 31 heavy (non-hydrogen) atoms. The lowest BCUT2D eigenvalue weighted by Gasteiger charge is -2.21. The summed E-state index contributed by atoms with van der Waals surface area (Å²) in [7, 11) is 1.58. The van der Waals surface area contributed by atoms with Gasteiger partial charge < -0.3 is 15.4 Å². The number of aryl methyl sites for hydroxylation is 1. The minimum Gasteiger partial charge on any atom is -0.497 e. The number of nitrogens with one attached hydrogen (secondary N) is 2. The summed E-state index contributed by atoms with van der Waals surface area (Å²) in [6, 6.07) is 14.6. The summed E-state index contributed by atoms with van der Waals surface area (Å²) in [6.07, 6.45) is 1.08. The number of nitrogens with zero attached hydrogens (tertiary/aromatic N) is 2. The maximum absolute atomic E-state index is 12.9. The first-order chi connectivity index (χ1) is 14.9. The number of urea groups is 1. The van der Waals surface area contributed by atoms with Gasteiger partial charge in [0, 0.05) is 0 Å². The van der Waals surface area contributed by atoms with Gasteiger partial charge in [-0.25, -0.2) is 9.78 Å². The summed E-state index contributed by atoms with van der Waals surface area (Å²) >= 11 is 1.29. The SMILES string of the molecule is COc1ccc2nc(NC(=O)CN3C(=O)NC(C)(CCc4ccccc4)C3=O)sc2c1. The molecule has 0 bridgehead atoms. The first-order valence-corrected chi connectivity index (χ1v) is 10.6. The Morgan fingerprint density at radius 3 is 2.74 bits per heavy atom. The molecule has 4 amide bonds. The van der Waals surface area contributed by atoms with Crippen molar-refractivity contribution in [1.82, 2.24) is 15.2 Å². The Labute approximate surface area is 183 Å². The Morgan fingerprint density at radius 2 is 2.00 bits per heavy atom. The molecule has 1 aromatic heterocycles. The summed E-state index contributed by atoms with van der Waals surface area (Å²) in [5.74, 6) is -0.192. The third kappa shape index (κ3) is 4.36. The van der Waals surface area contributed by atoms with E-state index < -0.39 is 23.4 Å². The van der Waals surface area contributed by atoms with Gasteiger partial charge >= 0.3 is 6.03 Å². The number of ether oxygens (including phenoxy) is 1. The molecule has 3 aromatic rings. The minimum atomic E-state index is -1.04. The van der Waals surface area contributed by atoms with E-state index in [1.54, 1.807) is 26.2 Å². The Kier molecular flexibility index (Phi) is 5.60. The van der Waals surface area contributed by atoms with Crippen molar-refractivity contribution in [3.8, 4) is 5.75 Å². The second kappa shape index (κ2) is 8.35. The molecular weight excluding hydrogens is 416 g/mol. The molecule has 2 N–H and O–H groups in total. The number of thiazole rings is 1. The van der Waals surface area contributed by atoms with Crippen LogP contribution in [0, 0.1) is 0 Å². The molecule has 8 nitrogen and oxygen atoms in total. The van der Waals surface area contributed by atoms with Crippen LogP contribution in [-0.4, -0.2) is 46.9 Å². The van der Waals surface area contributed by atoms with Crippen LogP contribution in [0.4, 0.5) is 9.93 Å². The van der Waals surface area contributed by atoms with Crippen molar-refractivity contribution in [2.75, 3.05) is 19.0 Å². The van der Waals surface area contributed by atoms with Crippen LogP contribution in [0.25, 0.3) is 10.2 Å². The predicted octanol–water partition coefficient (Wildman–Crippen LogP) is 3.19. The van der Waals surface area contributed by atoms with Crippen molar-refractivity contribution in [3.63, 3.8) is 0 Å². The standard InChI is InChI=1S/C22H22N4O4S/c1-22(11-10-14-6-4-3-5-7-14)19(28)26(21(29)25-22)13-18(27)24-20-23-16-9-8-15(30-2)12-17(16)31-20/h3-9,12H,10-11,13H2,1-2H3,(H,25,29)(H,23,24,27). The van der Waals surface area contributed by atoms with E-state index in [0.29, 0.717) is 23.7 Å². The zero-order valence-corrected chi connectivity index (χ0v) is 18.0. The van der Waals surface area contributed by atoms with Crippen LogP contribution in [0.15, 0.2) is 48.5 Å². The van der Waals surface area contributed by atoms with Crippen LogP contribution in [0.3, 0.4) is 0 Å². The van der Waals surface area contributed by atoms with E-state index >= 15 is 0 Å². The van der Waals surface area contributed by atoms with Gasteiger partial charge in [0.05, 0.1) is 17.3 Å². The van der Waals surface area contributed by atoms with Gasteiger partial charge in [0.25, 0.3) is 5.91 Å². The molecule has 1 fully saturated rings. The molecule has 0 aliphatic carbocycles. The third-order valence-electron chi connectivity index (χ3n) is 5.25. The fourth-order valence-electron chi connectivity index (χ4n) is 3.49. The lowest BCUT2D eigenvalue weighted by molar-refractivity contribution is -0.133. The molecule has 0 saturated carbocycles. The second-order valence-corrected chi connectivity index (χ2v) is 8.57. The predicted molar refractivity (Wildman–Crippen MR) is 118 cm³/mol. The van der Waals surface area contributed by atoms with Gasteiger partial charge in [0.2, 0.25) is 5.91 Å². The Balaban J connectivity index is 1.39. The zero-order valence-electron chi connectivity index (χ0n) is 17.2. The van der Waals surface area contributed by atoms with Gasteiger partial charge in [0.15, 0.2) is 5.13 Å². The lowest BCUT2D eigenvalue weighted by Crippen LogP contribution is -2.45. The summed E-state index contributed by atoms with van der Waals surface area (Å²) in [5, 5.41) is 5.81. The van der Waals surface area contributed by atoms with Gasteiger partial charge in [0.1, 0.15) is 17.8 Å². The number of anilines is 1. The van der Waals surface area contributed by atoms with E-state index in [-0.39, 0.29) is 6.54 Å². The number of amides is 4. The van der Waals surface area contributed by atoms with Crippen molar-refractivity contribution < 1.29 is 19.1 Å². The van der Waals surface area contributed by atoms with Crippen molar-refractivity contribution in [3.05, 3.63) is 54.1 Å². The van der Waals surface area contributed by atoms with Crippen LogP contribution in [0.2, 0.25) is 0 Å². The Morgan fingerprint density at radius 1 is 1.23 bits per heavy atom. The maximum Gasteiger partial charge on any atom is 0.325 e. The van der Waals surface area contributed by atoms with Gasteiger partial charge in [-0.1, -0.05) is 41.7 Å². The van der Waals surface area contributed by atoms with Gasteiger partial charge in [-0.3, -0.25) is 14.5 Å². The van der Waals surface area contributed by atoms with E-state index in [2.05, 4.69) is 15.6 Å². The van der Waals surface area contributed by atoms with Crippen molar-refractivity contribution >= 4 is 44.5 Å². The normalized spacial score (nSPS) is 18.3. The van der Waals surface area contributed by atoms with Gasteiger partial charge in [-0.05, 0) is 43.5 Å². The highest BCUT2D eigenvalue weighted by molar-refractivity contribution is 7.22. The summed E-state index contributed by atoms with van der Waals surface area (Å²) in [6.45, 7) is 1.32. The smallest absolute Gasteiger partial charge is 0.325 e. The second-order valence-electron chi connectivity index (χ2n) is 7.54. The highest BCUT2D eigenvalue weighted by Gasteiger charge is 2.47. The average Bonchev–Trinajstić information content (AvgIpc) is 3.25. The van der Waals surface area contributed by atoms with Crippen molar-refractivity contribution in [2.45, 2.75) is 25.3 Å². The van der Waals surface area contributed by atoms with Crippen LogP contribution < -0.4 is 15.4 Å². The molecule has 4 rings (SSSR count). The monoisotopic (exact) mass is 438 g/mol. The topological polar surface area (TPSA) is 101 Å². The number of hydrogen-bond donors (Lipinski definition) is 2. The average molecular weight is 439 g/mol. The molecule has 1 aliphatic rings. The molecule has 0 spiro atoms. The minimum absolute atomic E-state index is 0.370. The van der Waals surface area contributed by atoms with Crippen LogP contribution in [0.5, 0.6) is 5.75 Å². The first-order valence-electron chi connectivity index (χ1n) is 9.80. The number of hydrogen-bond acceptors (Lipinski definition) is 6. The molecule has 9 heteroatoms. The highest BCUT2D eigenvalue weighted by atomic mass is 32.1. The summed E-state index contributed by atoms with van der Waals surface area (Å²) in [4.78, 5) is 43.1. The molecule has 0 radical (unpaired) electrons. The first kappa shape index (κ1) is 20.8. The molecular formula is C22H22N4O4S. The largest absolute Gasteiger partial charge is 0.497 e. The number of methoxy groups -OCH3 is 1. The quantitative estimate of drug-likeness (QED) is 0.552. The van der Waals surface area contributed by atoms with E-state index in [1.807, 2.05) is 36.4 Å². The molecule has 2 aromatic carbocycles. The van der Waals surface area contributed by atoms with E-state index in [1.165, 1.54) is 11.3 Å². The molecule has 1 unspecified atom stereocenters. The molecule has 1 aliphatic heterocycles. The zero-order chi connectivity index (χ0) is 22.0. The third-order valence-corrected chi connectivity index (χ3v) is 6.18. The van der Waals surface area contributed by atoms with Gasteiger partial charge in [-0.15, -0.1) is 0 Å². The fraction of sp³-hybridized carbons (Fsp3) is 0.273. The van der Waals surface area contributed by atoms with Gasteiger partial charge in [-0.2, -0.15) is 0 Å². The molecule has 1 atom stereocenters. The van der Waals surface area contributed by atoms with Crippen LogP contribution >= 0.6 is 11.3 Å². The number of carbonyl (C=O) groups excluding carboxylic acids is 3. The van der Waals surface area contributed by atoms with Crippen LogP contribution in [-0.2, 0) is 16.0 Å². The number of imide groups is 1. The molecule has 160 valence electrons. The molecule has 2 heterocycles. The summed E-state index contributed by atoms with van der Waals surface area (Å²) < 4.78 is 6.05.